The maximum Gasteiger partial charge on any atom is 0.416 e. The normalized spacial score (nSPS) is 13.1. The van der Waals surface area contributed by atoms with Gasteiger partial charge in [0.25, 0.3) is 0 Å². The van der Waals surface area contributed by atoms with Crippen molar-refractivity contribution in [1.82, 2.24) is 5.32 Å². The Balaban J connectivity index is 1.82. The zero-order valence-corrected chi connectivity index (χ0v) is 17.3. The predicted molar refractivity (Wildman–Crippen MR) is 110 cm³/mol. The summed E-state index contributed by atoms with van der Waals surface area (Å²) in [6.45, 7) is 1.90. The second-order valence-corrected chi connectivity index (χ2v) is 7.30. The molecular weight excluding hydrogens is 432 g/mol. The molecule has 3 rings (SSSR count). The number of benzene rings is 3. The van der Waals surface area contributed by atoms with Crippen molar-refractivity contribution in [2.24, 2.45) is 0 Å². The lowest BCUT2D eigenvalue weighted by Crippen LogP contribution is -2.21. The Morgan fingerprint density at radius 3 is 2.09 bits per heavy atom. The van der Waals surface area contributed by atoms with Crippen molar-refractivity contribution in [2.45, 2.75) is 31.9 Å². The second kappa shape index (κ2) is 9.24. The molecular formula is C24H21F6NO. The van der Waals surface area contributed by atoms with Crippen LogP contribution < -0.4 is 10.1 Å². The van der Waals surface area contributed by atoms with Crippen LogP contribution in [-0.2, 0) is 18.9 Å². The third kappa shape index (κ3) is 5.43. The van der Waals surface area contributed by atoms with Gasteiger partial charge in [0.05, 0.1) is 18.2 Å². The van der Waals surface area contributed by atoms with Crippen molar-refractivity contribution in [3.8, 4) is 16.9 Å². The number of hydrogen-bond acceptors (Lipinski definition) is 2. The fraction of sp³-hybridized carbons (Fsp3) is 0.250. The highest BCUT2D eigenvalue weighted by Crippen LogP contribution is 2.36. The van der Waals surface area contributed by atoms with Crippen molar-refractivity contribution in [1.29, 1.82) is 0 Å². The summed E-state index contributed by atoms with van der Waals surface area (Å²) in [5.74, 6) is 0.476. The van der Waals surface area contributed by atoms with Gasteiger partial charge in [0, 0.05) is 18.2 Å². The molecule has 32 heavy (non-hydrogen) atoms. The molecule has 170 valence electrons. The van der Waals surface area contributed by atoms with Crippen molar-refractivity contribution < 1.29 is 31.1 Å². The van der Waals surface area contributed by atoms with Gasteiger partial charge in [0.1, 0.15) is 5.75 Å². The van der Waals surface area contributed by atoms with Crippen molar-refractivity contribution >= 4 is 0 Å². The van der Waals surface area contributed by atoms with Crippen LogP contribution in [0.5, 0.6) is 5.75 Å². The summed E-state index contributed by atoms with van der Waals surface area (Å²) in [7, 11) is 1.46. The lowest BCUT2D eigenvalue weighted by atomic mass is 9.99. The molecule has 0 spiro atoms. The van der Waals surface area contributed by atoms with Crippen LogP contribution in [0.1, 0.15) is 35.2 Å². The summed E-state index contributed by atoms with van der Waals surface area (Å²) in [5, 5.41) is 3.08. The van der Waals surface area contributed by atoms with E-state index in [1.165, 1.54) is 31.4 Å². The molecule has 8 heteroatoms. The highest BCUT2D eigenvalue weighted by molar-refractivity contribution is 5.71. The first kappa shape index (κ1) is 23.7. The molecule has 0 heterocycles. The van der Waals surface area contributed by atoms with Crippen molar-refractivity contribution in [3.05, 3.63) is 89.0 Å². The van der Waals surface area contributed by atoms with E-state index in [2.05, 4.69) is 5.32 Å². The van der Waals surface area contributed by atoms with E-state index in [1.807, 2.05) is 0 Å². The van der Waals surface area contributed by atoms with Crippen LogP contribution in [0.15, 0.2) is 66.7 Å². The minimum atomic E-state index is -4.46. The van der Waals surface area contributed by atoms with Gasteiger partial charge in [-0.15, -0.1) is 0 Å². The molecule has 3 aromatic carbocycles. The number of ether oxygens (including phenoxy) is 1. The minimum absolute atomic E-state index is 0.136. The quantitative estimate of drug-likeness (QED) is 0.397. The van der Waals surface area contributed by atoms with E-state index in [4.69, 9.17) is 4.74 Å². The molecule has 0 aliphatic carbocycles. The first-order chi connectivity index (χ1) is 15.0. The molecule has 1 unspecified atom stereocenters. The Kier molecular flexibility index (Phi) is 6.83. The molecule has 0 amide bonds. The first-order valence-corrected chi connectivity index (χ1v) is 9.74. The van der Waals surface area contributed by atoms with Gasteiger partial charge in [-0.25, -0.2) is 0 Å². The zero-order chi connectivity index (χ0) is 23.5. The van der Waals surface area contributed by atoms with Crippen LogP contribution in [0.3, 0.4) is 0 Å². The smallest absolute Gasteiger partial charge is 0.416 e. The van der Waals surface area contributed by atoms with Crippen LogP contribution in [0.25, 0.3) is 11.1 Å². The minimum Gasteiger partial charge on any atom is -0.496 e. The average Bonchev–Trinajstić information content (AvgIpc) is 2.76. The van der Waals surface area contributed by atoms with Gasteiger partial charge >= 0.3 is 12.4 Å². The standard InChI is InChI=1S/C24H21F6NO/c1-15(19-5-3-4-6-21(19)24(28,29)30)31-14-16-7-12-22(32-2)20(13-16)17-8-10-18(11-9-17)23(25,26)27/h3-13,15,31H,14H2,1-2H3. The fourth-order valence-electron chi connectivity index (χ4n) is 3.44. The number of nitrogens with one attached hydrogen (secondary N) is 1. The monoisotopic (exact) mass is 453 g/mol. The van der Waals surface area contributed by atoms with E-state index in [0.717, 1.165) is 23.8 Å². The highest BCUT2D eigenvalue weighted by atomic mass is 19.4. The van der Waals surface area contributed by atoms with Gasteiger partial charge in [0.2, 0.25) is 0 Å². The average molecular weight is 453 g/mol. The number of rotatable bonds is 6. The third-order valence-electron chi connectivity index (χ3n) is 5.13. The number of alkyl halides is 6. The van der Waals surface area contributed by atoms with Crippen LogP contribution in [0.4, 0.5) is 26.3 Å². The van der Waals surface area contributed by atoms with E-state index in [1.54, 1.807) is 31.2 Å². The Morgan fingerprint density at radius 1 is 0.844 bits per heavy atom. The summed E-state index contributed by atoms with van der Waals surface area (Å²) in [5.41, 5.74) is 0.555. The number of halogens is 6. The number of hydrogen-bond donors (Lipinski definition) is 1. The summed E-state index contributed by atoms with van der Waals surface area (Å²) in [4.78, 5) is 0. The first-order valence-electron chi connectivity index (χ1n) is 9.74. The van der Waals surface area contributed by atoms with E-state index in [0.29, 0.717) is 16.9 Å². The molecule has 0 saturated carbocycles. The molecule has 1 N–H and O–H groups in total. The van der Waals surface area contributed by atoms with Gasteiger partial charge in [-0.2, -0.15) is 26.3 Å². The van der Waals surface area contributed by atoms with Crippen LogP contribution in [0.2, 0.25) is 0 Å². The molecule has 0 bridgehead atoms. The Bertz CT molecular complexity index is 1060. The van der Waals surface area contributed by atoms with Gasteiger partial charge in [-0.1, -0.05) is 36.4 Å². The molecule has 0 aliphatic rings. The molecule has 3 aromatic rings. The highest BCUT2D eigenvalue weighted by Gasteiger charge is 2.34. The summed E-state index contributed by atoms with van der Waals surface area (Å²) in [6.07, 6.45) is -8.89. The summed E-state index contributed by atoms with van der Waals surface area (Å²) < 4.78 is 83.7. The molecule has 0 radical (unpaired) electrons. The van der Waals surface area contributed by atoms with Gasteiger partial charge in [-0.3, -0.25) is 0 Å². The Morgan fingerprint density at radius 2 is 1.50 bits per heavy atom. The van der Waals surface area contributed by atoms with Crippen LogP contribution >= 0.6 is 0 Å². The van der Waals surface area contributed by atoms with E-state index >= 15 is 0 Å². The van der Waals surface area contributed by atoms with Crippen LogP contribution in [-0.4, -0.2) is 7.11 Å². The lowest BCUT2D eigenvalue weighted by Gasteiger charge is -2.20. The summed E-state index contributed by atoms with van der Waals surface area (Å²) in [6, 6.07) is 14.7. The maximum absolute atomic E-state index is 13.3. The predicted octanol–water partition coefficient (Wildman–Crippen LogP) is 7.25. The van der Waals surface area contributed by atoms with Gasteiger partial charge in [0.15, 0.2) is 0 Å². The largest absolute Gasteiger partial charge is 0.496 e. The van der Waals surface area contributed by atoms with Crippen LogP contribution in [0, 0.1) is 0 Å². The summed E-state index contributed by atoms with van der Waals surface area (Å²) >= 11 is 0. The molecule has 0 saturated heterocycles. The lowest BCUT2D eigenvalue weighted by molar-refractivity contribution is -0.139. The van der Waals surface area contributed by atoms with E-state index < -0.39 is 29.5 Å². The second-order valence-electron chi connectivity index (χ2n) is 7.30. The molecule has 0 aliphatic heterocycles. The van der Waals surface area contributed by atoms with E-state index in [9.17, 15) is 26.3 Å². The zero-order valence-electron chi connectivity index (χ0n) is 17.3. The van der Waals surface area contributed by atoms with Crippen molar-refractivity contribution in [3.63, 3.8) is 0 Å². The maximum atomic E-state index is 13.3. The number of methoxy groups -OCH3 is 1. The SMILES string of the molecule is COc1ccc(CNC(C)c2ccccc2C(F)(F)F)cc1-c1ccc(C(F)(F)F)cc1. The molecule has 2 nitrogen and oxygen atoms in total. The molecule has 1 atom stereocenters. The van der Waals surface area contributed by atoms with Gasteiger partial charge in [-0.05, 0) is 53.9 Å². The van der Waals surface area contributed by atoms with E-state index in [-0.39, 0.29) is 12.1 Å². The molecule has 0 aromatic heterocycles. The molecule has 0 fully saturated rings. The van der Waals surface area contributed by atoms with Crippen molar-refractivity contribution in [2.75, 3.05) is 7.11 Å². The topological polar surface area (TPSA) is 21.3 Å². The third-order valence-corrected chi connectivity index (χ3v) is 5.13. The fourth-order valence-corrected chi connectivity index (χ4v) is 3.44. The Labute approximate surface area is 181 Å². The van der Waals surface area contributed by atoms with Gasteiger partial charge < -0.3 is 10.1 Å². The Hall–Kier alpha value is -3.00.